The Hall–Kier alpha value is -2.53. The molecule has 0 aliphatic carbocycles. The molecule has 1 aromatic heterocycles. The van der Waals surface area contributed by atoms with Crippen molar-refractivity contribution in [3.05, 3.63) is 47.8 Å². The molecule has 5 heteroatoms. The number of hydrogen-bond donors (Lipinski definition) is 1. The topological polar surface area (TPSA) is 46.6 Å². The molecule has 2 aliphatic rings. The molecule has 24 heavy (non-hydrogen) atoms. The summed E-state index contributed by atoms with van der Waals surface area (Å²) >= 11 is 0. The molecule has 1 aromatic carbocycles. The molecular formula is C19H21N3O2. The molecule has 1 fully saturated rings. The third-order valence-electron chi connectivity index (χ3n) is 4.54. The number of ether oxygens (including phenoxy) is 2. The molecule has 0 saturated carbocycles. The highest BCUT2D eigenvalue weighted by molar-refractivity contribution is 5.87. The molecular weight excluding hydrogens is 302 g/mol. The number of nitrogens with one attached hydrogen (secondary N) is 1. The number of aromatic nitrogens is 1. The molecule has 3 heterocycles. The minimum Gasteiger partial charge on any atom is -0.496 e. The van der Waals surface area contributed by atoms with E-state index < -0.39 is 0 Å². The molecule has 2 aliphatic heterocycles. The predicted molar refractivity (Wildman–Crippen MR) is 95.7 cm³/mol. The second kappa shape index (κ2) is 6.53. The largest absolute Gasteiger partial charge is 0.496 e. The minimum atomic E-state index is 0.528. The van der Waals surface area contributed by atoms with E-state index in [1.54, 1.807) is 13.3 Å². The number of rotatable bonds is 3. The van der Waals surface area contributed by atoms with Crippen molar-refractivity contribution in [3.8, 4) is 11.5 Å². The first-order valence-corrected chi connectivity index (χ1v) is 8.26. The average Bonchev–Trinajstić information content (AvgIpc) is 2.68. The Balaban J connectivity index is 1.64. The van der Waals surface area contributed by atoms with Gasteiger partial charge in [0.15, 0.2) is 0 Å². The van der Waals surface area contributed by atoms with Crippen LogP contribution in [0, 0.1) is 0 Å². The third kappa shape index (κ3) is 2.83. The van der Waals surface area contributed by atoms with Gasteiger partial charge in [0.2, 0.25) is 0 Å². The molecule has 1 N–H and O–H groups in total. The highest BCUT2D eigenvalue weighted by Crippen LogP contribution is 2.35. The van der Waals surface area contributed by atoms with Crippen molar-refractivity contribution in [1.82, 2.24) is 10.3 Å². The van der Waals surface area contributed by atoms with Gasteiger partial charge in [-0.3, -0.25) is 4.98 Å². The summed E-state index contributed by atoms with van der Waals surface area (Å²) in [7, 11) is 1.68. The molecule has 0 spiro atoms. The lowest BCUT2D eigenvalue weighted by atomic mass is 10.0. The van der Waals surface area contributed by atoms with Gasteiger partial charge < -0.3 is 19.7 Å². The fourth-order valence-corrected chi connectivity index (χ4v) is 3.23. The van der Waals surface area contributed by atoms with Crippen LogP contribution in [-0.2, 0) is 0 Å². The standard InChI is InChI=1S/C19H21N3O2/c1-23-18-4-5-21-12-17(18)15-10-14-2-3-16(11-19(14)24-13-15)22-8-6-20-7-9-22/h2-5,10-12,20H,6-9,13H2,1H3. The van der Waals surface area contributed by atoms with Crippen molar-refractivity contribution in [2.75, 3.05) is 44.8 Å². The zero-order valence-corrected chi connectivity index (χ0v) is 13.8. The van der Waals surface area contributed by atoms with Crippen LogP contribution in [0.5, 0.6) is 11.5 Å². The number of pyridine rings is 1. The molecule has 1 saturated heterocycles. The molecule has 0 bridgehead atoms. The van der Waals surface area contributed by atoms with Gasteiger partial charge in [-0.1, -0.05) is 0 Å². The van der Waals surface area contributed by atoms with Crippen LogP contribution in [0.3, 0.4) is 0 Å². The Kier molecular flexibility index (Phi) is 4.09. The van der Waals surface area contributed by atoms with Gasteiger partial charge in [0.25, 0.3) is 0 Å². The maximum atomic E-state index is 6.03. The van der Waals surface area contributed by atoms with Crippen LogP contribution in [0.25, 0.3) is 11.6 Å². The first-order valence-electron chi connectivity index (χ1n) is 8.26. The van der Waals surface area contributed by atoms with Gasteiger partial charge in [-0.05, 0) is 24.3 Å². The number of benzene rings is 1. The Morgan fingerprint density at radius 1 is 1.21 bits per heavy atom. The lowest BCUT2D eigenvalue weighted by Crippen LogP contribution is -2.43. The van der Waals surface area contributed by atoms with Crippen LogP contribution in [0.2, 0.25) is 0 Å². The summed E-state index contributed by atoms with van der Waals surface area (Å²) < 4.78 is 11.5. The van der Waals surface area contributed by atoms with E-state index in [1.807, 2.05) is 12.3 Å². The monoisotopic (exact) mass is 323 g/mol. The zero-order chi connectivity index (χ0) is 16.4. The van der Waals surface area contributed by atoms with Crippen LogP contribution < -0.4 is 19.7 Å². The second-order valence-electron chi connectivity index (χ2n) is 5.99. The maximum Gasteiger partial charge on any atom is 0.129 e. The van der Waals surface area contributed by atoms with Crippen LogP contribution in [0.1, 0.15) is 11.1 Å². The van der Waals surface area contributed by atoms with Crippen molar-refractivity contribution >= 4 is 17.3 Å². The summed E-state index contributed by atoms with van der Waals surface area (Å²) in [6.45, 7) is 4.66. The quantitative estimate of drug-likeness (QED) is 0.940. The Morgan fingerprint density at radius 2 is 2.08 bits per heavy atom. The van der Waals surface area contributed by atoms with Crippen LogP contribution in [0.4, 0.5) is 5.69 Å². The second-order valence-corrected chi connectivity index (χ2v) is 5.99. The summed E-state index contributed by atoms with van der Waals surface area (Å²) in [5.41, 5.74) is 4.39. The SMILES string of the molecule is COc1ccncc1C1=Cc2ccc(N3CCNCC3)cc2OC1. The Labute approximate surface area is 141 Å². The number of anilines is 1. The van der Waals surface area contributed by atoms with Crippen molar-refractivity contribution in [1.29, 1.82) is 0 Å². The molecule has 0 atom stereocenters. The number of methoxy groups -OCH3 is 1. The summed E-state index contributed by atoms with van der Waals surface area (Å²) in [6.07, 6.45) is 5.73. The average molecular weight is 323 g/mol. The van der Waals surface area contributed by atoms with Gasteiger partial charge in [-0.2, -0.15) is 0 Å². The first-order chi connectivity index (χ1) is 11.8. The van der Waals surface area contributed by atoms with E-state index in [1.165, 1.54) is 5.69 Å². The Bertz CT molecular complexity index is 767. The Morgan fingerprint density at radius 3 is 2.92 bits per heavy atom. The zero-order valence-electron chi connectivity index (χ0n) is 13.8. The predicted octanol–water partition coefficient (Wildman–Crippen LogP) is 2.43. The molecule has 0 amide bonds. The van der Waals surface area contributed by atoms with Gasteiger partial charge in [0, 0.05) is 67.0 Å². The lowest BCUT2D eigenvalue weighted by Gasteiger charge is -2.30. The number of piperazine rings is 1. The molecule has 5 nitrogen and oxygen atoms in total. The van der Waals surface area contributed by atoms with E-state index in [0.29, 0.717) is 6.61 Å². The van der Waals surface area contributed by atoms with Crippen molar-refractivity contribution < 1.29 is 9.47 Å². The summed E-state index contributed by atoms with van der Waals surface area (Å²) in [5, 5.41) is 3.38. The first kappa shape index (κ1) is 15.0. The summed E-state index contributed by atoms with van der Waals surface area (Å²) in [6, 6.07) is 8.33. The van der Waals surface area contributed by atoms with E-state index in [-0.39, 0.29) is 0 Å². The molecule has 2 aromatic rings. The van der Waals surface area contributed by atoms with E-state index >= 15 is 0 Å². The summed E-state index contributed by atoms with van der Waals surface area (Å²) in [5.74, 6) is 1.76. The van der Waals surface area contributed by atoms with Crippen molar-refractivity contribution in [2.24, 2.45) is 0 Å². The molecule has 0 radical (unpaired) electrons. The normalized spacial score (nSPS) is 16.9. The highest BCUT2D eigenvalue weighted by Gasteiger charge is 2.18. The van der Waals surface area contributed by atoms with Gasteiger partial charge in [-0.15, -0.1) is 0 Å². The van der Waals surface area contributed by atoms with Gasteiger partial charge >= 0.3 is 0 Å². The fraction of sp³-hybridized carbons (Fsp3) is 0.316. The van der Waals surface area contributed by atoms with E-state index in [2.05, 4.69) is 39.5 Å². The van der Waals surface area contributed by atoms with Crippen molar-refractivity contribution in [2.45, 2.75) is 0 Å². The highest BCUT2D eigenvalue weighted by atomic mass is 16.5. The van der Waals surface area contributed by atoms with Crippen LogP contribution in [0.15, 0.2) is 36.7 Å². The number of hydrogen-bond acceptors (Lipinski definition) is 5. The van der Waals surface area contributed by atoms with Gasteiger partial charge in [0.1, 0.15) is 18.1 Å². The summed E-state index contributed by atoms with van der Waals surface area (Å²) in [4.78, 5) is 6.60. The third-order valence-corrected chi connectivity index (χ3v) is 4.54. The molecule has 4 rings (SSSR count). The van der Waals surface area contributed by atoms with E-state index in [9.17, 15) is 0 Å². The number of nitrogens with zero attached hydrogens (tertiary/aromatic N) is 2. The number of fused-ring (bicyclic) bond motifs is 1. The molecule has 124 valence electrons. The van der Waals surface area contributed by atoms with E-state index in [0.717, 1.165) is 54.4 Å². The van der Waals surface area contributed by atoms with Gasteiger partial charge in [0.05, 0.1) is 7.11 Å². The fourth-order valence-electron chi connectivity index (χ4n) is 3.23. The smallest absolute Gasteiger partial charge is 0.129 e. The van der Waals surface area contributed by atoms with Crippen LogP contribution >= 0.6 is 0 Å². The lowest BCUT2D eigenvalue weighted by molar-refractivity contribution is 0.363. The van der Waals surface area contributed by atoms with E-state index in [4.69, 9.17) is 9.47 Å². The van der Waals surface area contributed by atoms with Crippen molar-refractivity contribution in [3.63, 3.8) is 0 Å². The maximum absolute atomic E-state index is 6.03. The van der Waals surface area contributed by atoms with Gasteiger partial charge in [-0.25, -0.2) is 0 Å². The molecule has 0 unspecified atom stereocenters. The van der Waals surface area contributed by atoms with Crippen LogP contribution in [-0.4, -0.2) is 44.9 Å². The minimum absolute atomic E-state index is 0.528.